The smallest absolute Gasteiger partial charge is 0.258 e. The third-order valence-electron chi connectivity index (χ3n) is 7.05. The van der Waals surface area contributed by atoms with E-state index < -0.39 is 0 Å². The van der Waals surface area contributed by atoms with E-state index in [-0.39, 0.29) is 47.6 Å². The lowest BCUT2D eigenvalue weighted by atomic mass is 9.95. The predicted octanol–water partition coefficient (Wildman–Crippen LogP) is 4.34. The highest BCUT2D eigenvalue weighted by atomic mass is 19.1. The van der Waals surface area contributed by atoms with Crippen molar-refractivity contribution in [2.24, 2.45) is 4.99 Å². The third kappa shape index (κ3) is 4.60. The molecule has 0 radical (unpaired) electrons. The molecule has 2 aliphatic rings. The number of aliphatic imine (C=N–C) groups is 1. The SMILES string of the molecule is C/C=C(\N=C/CC)N1CCN(C(=O)c2c3c(c(O)c4ncccc24)C(=O)N(Cc2ccc(F)cc2)C3)CC1. The van der Waals surface area contributed by atoms with Crippen LogP contribution in [-0.2, 0) is 13.1 Å². The van der Waals surface area contributed by atoms with Crippen molar-refractivity contribution in [3.8, 4) is 5.75 Å². The summed E-state index contributed by atoms with van der Waals surface area (Å²) >= 11 is 0. The second-order valence-corrected chi connectivity index (χ2v) is 9.41. The van der Waals surface area contributed by atoms with Crippen LogP contribution in [0.4, 0.5) is 4.39 Å². The Bertz CT molecular complexity index is 1440. The first-order valence-electron chi connectivity index (χ1n) is 12.8. The van der Waals surface area contributed by atoms with E-state index in [9.17, 15) is 19.1 Å². The fraction of sp³-hybridized carbons (Fsp3) is 0.310. The average molecular weight is 516 g/mol. The lowest BCUT2D eigenvalue weighted by Gasteiger charge is -2.36. The van der Waals surface area contributed by atoms with E-state index in [1.165, 1.54) is 18.3 Å². The lowest BCUT2D eigenvalue weighted by Crippen LogP contribution is -2.48. The molecule has 38 heavy (non-hydrogen) atoms. The number of phenols is 1. The third-order valence-corrected chi connectivity index (χ3v) is 7.05. The number of aromatic nitrogens is 1. The van der Waals surface area contributed by atoms with Crippen molar-refractivity contribution in [1.82, 2.24) is 19.7 Å². The highest BCUT2D eigenvalue weighted by Crippen LogP contribution is 2.40. The minimum atomic E-state index is -0.375. The number of aromatic hydroxyl groups is 1. The lowest BCUT2D eigenvalue weighted by molar-refractivity contribution is 0.0667. The molecule has 1 fully saturated rings. The van der Waals surface area contributed by atoms with Crippen LogP contribution in [0, 0.1) is 5.82 Å². The Morgan fingerprint density at radius 3 is 2.53 bits per heavy atom. The quantitative estimate of drug-likeness (QED) is 0.494. The monoisotopic (exact) mass is 515 g/mol. The number of hydrogen-bond acceptors (Lipinski definition) is 6. The van der Waals surface area contributed by atoms with Gasteiger partial charge in [-0.25, -0.2) is 9.38 Å². The summed E-state index contributed by atoms with van der Waals surface area (Å²) in [5, 5.41) is 11.6. The standard InChI is InChI=1S/C29H30FN5O3/c1-3-11-31-23(4-2)33-13-15-34(16-14-33)28(37)24-21-6-5-12-32-26(21)27(36)25-22(24)18-35(29(25)38)17-19-7-9-20(30)10-8-19/h4-12,36H,3,13-18H2,1-2H3/b23-4+,31-11-. The average Bonchev–Trinajstić information content (AvgIpc) is 3.26. The number of allylic oxidation sites excluding steroid dienone is 1. The van der Waals surface area contributed by atoms with E-state index in [0.717, 1.165) is 17.8 Å². The zero-order chi connectivity index (χ0) is 26.8. The highest BCUT2D eigenvalue weighted by molar-refractivity contribution is 6.15. The number of piperazine rings is 1. The molecule has 2 amide bonds. The van der Waals surface area contributed by atoms with Crippen LogP contribution in [0.1, 0.15) is 52.1 Å². The molecule has 0 spiro atoms. The molecule has 2 aromatic carbocycles. The molecule has 5 rings (SSSR count). The van der Waals surface area contributed by atoms with Gasteiger partial charge in [0.1, 0.15) is 17.2 Å². The van der Waals surface area contributed by atoms with Crippen molar-refractivity contribution >= 4 is 28.9 Å². The second-order valence-electron chi connectivity index (χ2n) is 9.41. The number of hydrogen-bond donors (Lipinski definition) is 1. The number of fused-ring (bicyclic) bond motifs is 2. The Hall–Kier alpha value is -4.27. The summed E-state index contributed by atoms with van der Waals surface area (Å²) in [5.74, 6) is -0.239. The number of carbonyl (C=O) groups excluding carboxylic acids is 2. The van der Waals surface area contributed by atoms with Gasteiger partial charge in [-0.2, -0.15) is 0 Å². The van der Waals surface area contributed by atoms with Crippen LogP contribution in [0.25, 0.3) is 10.9 Å². The number of phenolic OH excluding ortho intramolecular Hbond substituents is 1. The Balaban J connectivity index is 1.47. The Kier molecular flexibility index (Phi) is 7.09. The van der Waals surface area contributed by atoms with Crippen LogP contribution in [0.5, 0.6) is 5.75 Å². The molecule has 8 nitrogen and oxygen atoms in total. The highest BCUT2D eigenvalue weighted by Gasteiger charge is 2.38. The predicted molar refractivity (Wildman–Crippen MR) is 143 cm³/mol. The molecule has 0 aliphatic carbocycles. The zero-order valence-electron chi connectivity index (χ0n) is 21.5. The van der Waals surface area contributed by atoms with E-state index in [4.69, 9.17) is 0 Å². The molecule has 1 N–H and O–H groups in total. The molecule has 0 unspecified atom stereocenters. The van der Waals surface area contributed by atoms with E-state index in [1.54, 1.807) is 34.1 Å². The van der Waals surface area contributed by atoms with Gasteiger partial charge in [-0.15, -0.1) is 0 Å². The summed E-state index contributed by atoms with van der Waals surface area (Å²) in [5.41, 5.74) is 2.01. The van der Waals surface area contributed by atoms with Crippen LogP contribution in [0.15, 0.2) is 59.5 Å². The maximum Gasteiger partial charge on any atom is 0.258 e. The fourth-order valence-corrected chi connectivity index (χ4v) is 5.16. The summed E-state index contributed by atoms with van der Waals surface area (Å²) in [6.45, 7) is 6.66. The number of pyridine rings is 1. The van der Waals surface area contributed by atoms with E-state index in [2.05, 4.69) is 14.9 Å². The van der Waals surface area contributed by atoms with Crippen LogP contribution in [0.2, 0.25) is 0 Å². The Morgan fingerprint density at radius 2 is 1.84 bits per heavy atom. The molecule has 1 aromatic heterocycles. The van der Waals surface area contributed by atoms with Crippen LogP contribution in [-0.4, -0.2) is 69.0 Å². The molecule has 1 saturated heterocycles. The number of nitrogens with zero attached hydrogens (tertiary/aromatic N) is 5. The topological polar surface area (TPSA) is 89.3 Å². The number of carbonyl (C=O) groups is 2. The minimum Gasteiger partial charge on any atom is -0.505 e. The molecule has 3 heterocycles. The molecule has 9 heteroatoms. The van der Waals surface area contributed by atoms with Gasteiger partial charge in [0.25, 0.3) is 11.8 Å². The van der Waals surface area contributed by atoms with Gasteiger partial charge >= 0.3 is 0 Å². The zero-order valence-corrected chi connectivity index (χ0v) is 21.5. The number of halogens is 1. The molecule has 0 saturated carbocycles. The molecular weight excluding hydrogens is 485 g/mol. The van der Waals surface area contributed by atoms with Crippen LogP contribution in [0.3, 0.4) is 0 Å². The van der Waals surface area contributed by atoms with Crippen molar-refractivity contribution in [2.75, 3.05) is 26.2 Å². The van der Waals surface area contributed by atoms with Gasteiger partial charge < -0.3 is 19.8 Å². The van der Waals surface area contributed by atoms with Gasteiger partial charge in [0.05, 0.1) is 11.1 Å². The molecule has 3 aromatic rings. The molecule has 0 atom stereocenters. The van der Waals surface area contributed by atoms with Crippen LogP contribution >= 0.6 is 0 Å². The van der Waals surface area contributed by atoms with Crippen molar-refractivity contribution in [1.29, 1.82) is 0 Å². The number of benzene rings is 2. The van der Waals surface area contributed by atoms with Gasteiger partial charge in [-0.1, -0.05) is 25.1 Å². The minimum absolute atomic E-state index is 0.116. The van der Waals surface area contributed by atoms with Crippen molar-refractivity contribution in [2.45, 2.75) is 33.4 Å². The summed E-state index contributed by atoms with van der Waals surface area (Å²) in [6.07, 6.45) is 6.23. The first kappa shape index (κ1) is 25.4. The van der Waals surface area contributed by atoms with Gasteiger partial charge in [0, 0.05) is 62.6 Å². The fourth-order valence-electron chi connectivity index (χ4n) is 5.16. The Labute approximate surface area is 220 Å². The molecule has 196 valence electrons. The normalized spacial score (nSPS) is 16.1. The first-order chi connectivity index (χ1) is 18.4. The second kappa shape index (κ2) is 10.6. The van der Waals surface area contributed by atoms with E-state index in [1.807, 2.05) is 26.1 Å². The summed E-state index contributed by atoms with van der Waals surface area (Å²) < 4.78 is 13.4. The van der Waals surface area contributed by atoms with Crippen molar-refractivity contribution in [3.05, 3.63) is 82.6 Å². The van der Waals surface area contributed by atoms with Gasteiger partial charge in [-0.05, 0) is 43.2 Å². The number of amides is 2. The van der Waals surface area contributed by atoms with Crippen LogP contribution < -0.4 is 0 Å². The maximum absolute atomic E-state index is 14.0. The maximum atomic E-state index is 14.0. The van der Waals surface area contributed by atoms with E-state index >= 15 is 0 Å². The molecule has 0 bridgehead atoms. The van der Waals surface area contributed by atoms with E-state index in [0.29, 0.717) is 42.7 Å². The number of rotatable bonds is 6. The summed E-state index contributed by atoms with van der Waals surface area (Å²) in [7, 11) is 0. The molecule has 2 aliphatic heterocycles. The van der Waals surface area contributed by atoms with Crippen molar-refractivity contribution < 1.29 is 19.1 Å². The van der Waals surface area contributed by atoms with Gasteiger partial charge in [0.15, 0.2) is 5.75 Å². The summed E-state index contributed by atoms with van der Waals surface area (Å²) in [6, 6.07) is 9.42. The Morgan fingerprint density at radius 1 is 1.13 bits per heavy atom. The van der Waals surface area contributed by atoms with Gasteiger partial charge in [0.2, 0.25) is 0 Å². The molecular formula is C29H30FN5O3. The first-order valence-corrected chi connectivity index (χ1v) is 12.8. The largest absolute Gasteiger partial charge is 0.505 e. The summed E-state index contributed by atoms with van der Waals surface area (Å²) in [4.78, 5) is 41.8. The van der Waals surface area contributed by atoms with Gasteiger partial charge in [-0.3, -0.25) is 14.6 Å². The van der Waals surface area contributed by atoms with Crippen molar-refractivity contribution in [3.63, 3.8) is 0 Å².